The highest BCUT2D eigenvalue weighted by atomic mass is 16.1. The molecule has 237 valence electrons. The lowest BCUT2D eigenvalue weighted by Gasteiger charge is -2.28. The maximum absolute atomic E-state index is 12.3. The van der Waals surface area contributed by atoms with Gasteiger partial charge in [-0.3, -0.25) is 9.69 Å². The zero-order valence-corrected chi connectivity index (χ0v) is 28.5. The summed E-state index contributed by atoms with van der Waals surface area (Å²) in [7, 11) is 13.9. The van der Waals surface area contributed by atoms with E-state index in [1.165, 1.54) is 11.6 Å². The number of hydrogen-bond acceptors (Lipinski definition) is 5. The summed E-state index contributed by atoms with van der Waals surface area (Å²) in [4.78, 5) is 27.8. The molecule has 3 aromatic rings. The fourth-order valence-corrected chi connectivity index (χ4v) is 4.77. The minimum Gasteiger partial charge on any atom is -0.348 e. The molecule has 3 atom stereocenters. The number of amides is 1. The number of nitrogens with zero attached hydrogens (tertiary/aromatic N) is 2. The molecule has 3 unspecified atom stereocenters. The van der Waals surface area contributed by atoms with Crippen molar-refractivity contribution in [2.75, 3.05) is 26.2 Å². The molecule has 1 heterocycles. The Kier molecular flexibility index (Phi) is 25.0. The van der Waals surface area contributed by atoms with Crippen LogP contribution in [-0.2, 0) is 4.79 Å². The van der Waals surface area contributed by atoms with Crippen LogP contribution in [-0.4, -0.2) is 77.8 Å². The molecule has 1 aliphatic heterocycles. The van der Waals surface area contributed by atoms with Crippen LogP contribution in [0.4, 0.5) is 5.69 Å². The number of aliphatic imine (C=N–C) groups is 1. The Bertz CT molecular complexity index is 1200. The summed E-state index contributed by atoms with van der Waals surface area (Å²) in [5.74, 6) is 0.0773. The first kappa shape index (κ1) is 41.6. The van der Waals surface area contributed by atoms with Gasteiger partial charge in [0.1, 0.15) is 0 Å². The van der Waals surface area contributed by atoms with Gasteiger partial charge in [0.15, 0.2) is 0 Å². The maximum atomic E-state index is 12.3. The van der Waals surface area contributed by atoms with Gasteiger partial charge in [-0.2, -0.15) is 4.99 Å². The normalized spacial score (nSPS) is 14.4. The Balaban J connectivity index is 0.00000108. The number of carbonyl (C=O) groups excluding carboxylic acids is 2. The number of isocyanates is 1. The highest BCUT2D eigenvalue weighted by molar-refractivity contribution is 6.97. The molecule has 0 saturated carbocycles. The third-order valence-corrected chi connectivity index (χ3v) is 6.83. The minimum atomic E-state index is -0.132. The molecule has 1 amide bonds. The molecule has 3 aromatic carbocycles. The number of likely N-dealkylation sites (tertiary alicyclic amines) is 1. The SMILES string of the molecule is CC.CC.CC.O=C=Nc1ccccc1.[B][B]c1ccccc1C(CC)C([B])NCCN1CCC(NC(=O)c2ccccc2)C1. The van der Waals surface area contributed by atoms with Crippen LogP contribution in [0, 0.1) is 0 Å². The molecule has 0 spiro atoms. The third-order valence-electron chi connectivity index (χ3n) is 6.83. The van der Waals surface area contributed by atoms with Crippen LogP contribution < -0.4 is 16.1 Å². The lowest BCUT2D eigenvalue weighted by atomic mass is 9.49. The Labute approximate surface area is 276 Å². The molecule has 45 heavy (non-hydrogen) atoms. The molecule has 1 aliphatic rings. The van der Waals surface area contributed by atoms with Crippen molar-refractivity contribution in [2.24, 2.45) is 4.99 Å². The summed E-state index contributed by atoms with van der Waals surface area (Å²) in [6.07, 6.45) is 3.37. The van der Waals surface area contributed by atoms with Crippen molar-refractivity contribution in [2.45, 2.75) is 79.2 Å². The molecule has 0 bridgehead atoms. The quantitative estimate of drug-likeness (QED) is 0.162. The monoisotopic (exact) mass is 605 g/mol. The molecule has 1 saturated heterocycles. The van der Waals surface area contributed by atoms with Gasteiger partial charge in [0.2, 0.25) is 6.08 Å². The predicted octanol–water partition coefficient (Wildman–Crippen LogP) is 5.91. The van der Waals surface area contributed by atoms with Gasteiger partial charge in [-0.25, -0.2) is 4.79 Å². The van der Waals surface area contributed by atoms with Gasteiger partial charge < -0.3 is 10.6 Å². The van der Waals surface area contributed by atoms with Crippen LogP contribution in [0.1, 0.15) is 83.1 Å². The van der Waals surface area contributed by atoms with E-state index in [1.54, 1.807) is 19.3 Å². The first-order valence-electron chi connectivity index (χ1n) is 16.4. The Morgan fingerprint density at radius 2 is 1.53 bits per heavy atom. The first-order valence-corrected chi connectivity index (χ1v) is 16.4. The fourth-order valence-electron chi connectivity index (χ4n) is 4.77. The van der Waals surface area contributed by atoms with Crippen molar-refractivity contribution in [1.82, 2.24) is 15.5 Å². The molecular formula is C36H52B3N4O2. The molecule has 9 heteroatoms. The summed E-state index contributed by atoms with van der Waals surface area (Å²) in [5, 5.41) is 6.63. The molecule has 5 radical (unpaired) electrons. The van der Waals surface area contributed by atoms with Gasteiger partial charge in [-0.15, -0.1) is 0 Å². The number of carbonyl (C=O) groups is 1. The second-order valence-corrected chi connectivity index (χ2v) is 9.45. The Morgan fingerprint density at radius 1 is 0.956 bits per heavy atom. The van der Waals surface area contributed by atoms with E-state index in [2.05, 4.69) is 33.5 Å². The van der Waals surface area contributed by atoms with Crippen LogP contribution in [0.15, 0.2) is 89.9 Å². The number of nitrogens with one attached hydrogen (secondary N) is 2. The highest BCUT2D eigenvalue weighted by Gasteiger charge is 2.24. The van der Waals surface area contributed by atoms with Gasteiger partial charge in [0.05, 0.1) is 20.7 Å². The molecule has 2 N–H and O–H groups in total. The van der Waals surface area contributed by atoms with E-state index in [-0.39, 0.29) is 23.8 Å². The minimum absolute atomic E-state index is 0.00348. The van der Waals surface area contributed by atoms with Crippen LogP contribution in [0.25, 0.3) is 0 Å². The van der Waals surface area contributed by atoms with Crippen LogP contribution in [0.3, 0.4) is 0 Å². The number of hydrogen-bond donors (Lipinski definition) is 2. The third kappa shape index (κ3) is 16.0. The second-order valence-electron chi connectivity index (χ2n) is 9.45. The highest BCUT2D eigenvalue weighted by Crippen LogP contribution is 2.20. The zero-order valence-electron chi connectivity index (χ0n) is 28.5. The number of benzene rings is 3. The summed E-state index contributed by atoms with van der Waals surface area (Å²) < 4.78 is 0. The van der Waals surface area contributed by atoms with Crippen molar-refractivity contribution in [3.8, 4) is 0 Å². The topological polar surface area (TPSA) is 73.8 Å². The van der Waals surface area contributed by atoms with Crippen molar-refractivity contribution in [3.63, 3.8) is 0 Å². The molecule has 4 rings (SSSR count). The van der Waals surface area contributed by atoms with Crippen LogP contribution in [0.2, 0.25) is 0 Å². The Hall–Kier alpha value is -3.38. The van der Waals surface area contributed by atoms with E-state index in [9.17, 15) is 9.59 Å². The smallest absolute Gasteiger partial charge is 0.251 e. The van der Waals surface area contributed by atoms with Crippen molar-refractivity contribution >= 4 is 45.9 Å². The van der Waals surface area contributed by atoms with Crippen molar-refractivity contribution in [1.29, 1.82) is 0 Å². The molecule has 1 fully saturated rings. The Morgan fingerprint density at radius 3 is 2.11 bits per heavy atom. The van der Waals surface area contributed by atoms with E-state index in [0.29, 0.717) is 11.3 Å². The maximum Gasteiger partial charge on any atom is 0.251 e. The molecule has 0 aromatic heterocycles. The first-order chi connectivity index (χ1) is 22.0. The van der Waals surface area contributed by atoms with Crippen LogP contribution >= 0.6 is 0 Å². The average Bonchev–Trinajstić information content (AvgIpc) is 3.56. The van der Waals surface area contributed by atoms with E-state index >= 15 is 0 Å². The van der Waals surface area contributed by atoms with E-state index < -0.39 is 0 Å². The fraction of sp³-hybridized carbons (Fsp3) is 0.444. The van der Waals surface area contributed by atoms with Crippen molar-refractivity contribution < 1.29 is 9.59 Å². The molecular weight excluding hydrogens is 553 g/mol. The zero-order chi connectivity index (χ0) is 33.9. The predicted molar refractivity (Wildman–Crippen MR) is 195 cm³/mol. The van der Waals surface area contributed by atoms with Gasteiger partial charge >= 0.3 is 0 Å². The van der Waals surface area contributed by atoms with Gasteiger partial charge in [0.25, 0.3) is 5.91 Å². The lowest BCUT2D eigenvalue weighted by Crippen LogP contribution is -2.42. The second kappa shape index (κ2) is 27.0. The van der Waals surface area contributed by atoms with Gasteiger partial charge in [-0.1, -0.05) is 120 Å². The average molecular weight is 605 g/mol. The number of rotatable bonds is 11. The van der Waals surface area contributed by atoms with Gasteiger partial charge in [0, 0.05) is 45.5 Å². The standard InChI is InChI=1S/C23H29B3N3O.C7H5NO.3C2H6/c1-2-19(20-10-6-7-11-21(20)26-25)22(24)27-13-15-29-14-12-18(16-29)28-23(30)17-8-4-3-5-9-17;9-6-8-7-4-2-1-3-5-7;3*1-2/h3-11,18-19,22,27H,2,12-16H2,1H3,(H,28,30);1-5H;3*1-2H3. The summed E-state index contributed by atoms with van der Waals surface area (Å²) >= 11 is 0. The number of para-hydroxylation sites is 1. The van der Waals surface area contributed by atoms with Crippen LogP contribution in [0.5, 0.6) is 0 Å². The van der Waals surface area contributed by atoms with Gasteiger partial charge in [-0.05, 0) is 49.0 Å². The van der Waals surface area contributed by atoms with E-state index in [0.717, 1.165) is 44.5 Å². The molecule has 6 nitrogen and oxygen atoms in total. The lowest BCUT2D eigenvalue weighted by molar-refractivity contribution is 0.0938. The van der Waals surface area contributed by atoms with E-state index in [4.69, 9.17) is 15.6 Å². The summed E-state index contributed by atoms with van der Waals surface area (Å²) in [5.41, 5.74) is 3.59. The largest absolute Gasteiger partial charge is 0.348 e. The summed E-state index contributed by atoms with van der Waals surface area (Å²) in [6.45, 7) is 17.7. The van der Waals surface area contributed by atoms with Crippen molar-refractivity contribution in [3.05, 3.63) is 96.1 Å². The van der Waals surface area contributed by atoms with E-state index in [1.807, 2.05) is 108 Å². The molecule has 0 aliphatic carbocycles. The summed E-state index contributed by atoms with van der Waals surface area (Å²) in [6, 6.07) is 26.7.